The van der Waals surface area contributed by atoms with Gasteiger partial charge in [-0.25, -0.2) is 4.98 Å². The molecule has 1 fully saturated rings. The Balaban J connectivity index is 1.89. The molecule has 1 aliphatic rings. The van der Waals surface area contributed by atoms with Crippen LogP contribution in [0.15, 0.2) is 18.2 Å². The number of nitrogens with one attached hydrogen (secondary N) is 1. The maximum atomic E-state index is 5.47. The third kappa shape index (κ3) is 3.34. The van der Waals surface area contributed by atoms with E-state index in [9.17, 15) is 0 Å². The highest BCUT2D eigenvalue weighted by molar-refractivity contribution is 5.94. The lowest BCUT2D eigenvalue weighted by molar-refractivity contribution is 0.0699. The highest BCUT2D eigenvalue weighted by Gasteiger charge is 2.16. The molecular weight excluding hydrogens is 292 g/mol. The monoisotopic (exact) mass is 316 g/mol. The van der Waals surface area contributed by atoms with Crippen LogP contribution < -0.4 is 14.8 Å². The molecule has 124 valence electrons. The van der Waals surface area contributed by atoms with Crippen molar-refractivity contribution in [2.75, 3.05) is 39.3 Å². The lowest BCUT2D eigenvalue weighted by Gasteiger charge is -2.22. The molecule has 0 aliphatic carbocycles. The van der Waals surface area contributed by atoms with Crippen molar-refractivity contribution in [3.8, 4) is 11.5 Å². The van der Waals surface area contributed by atoms with E-state index in [-0.39, 0.29) is 0 Å². The number of aryl methyl sites for hydroxylation is 1. The molecule has 1 aromatic carbocycles. The number of anilines is 1. The summed E-state index contributed by atoms with van der Waals surface area (Å²) >= 11 is 0. The van der Waals surface area contributed by atoms with Crippen molar-refractivity contribution in [3.63, 3.8) is 0 Å². The van der Waals surface area contributed by atoms with Gasteiger partial charge in [-0.15, -0.1) is 0 Å². The molecule has 2 heterocycles. The molecule has 0 amide bonds. The van der Waals surface area contributed by atoms with E-state index in [2.05, 4.69) is 18.3 Å². The predicted octanol–water partition coefficient (Wildman–Crippen LogP) is 3.40. The zero-order valence-corrected chi connectivity index (χ0v) is 14.0. The topological polar surface area (TPSA) is 52.6 Å². The van der Waals surface area contributed by atoms with Gasteiger partial charge in [-0.1, -0.05) is 0 Å². The Kier molecular flexibility index (Phi) is 4.86. The van der Waals surface area contributed by atoms with E-state index >= 15 is 0 Å². The molecule has 1 N–H and O–H groups in total. The van der Waals surface area contributed by atoms with Gasteiger partial charge >= 0.3 is 0 Å². The predicted molar refractivity (Wildman–Crippen MR) is 91.6 cm³/mol. The fraction of sp³-hybridized carbons (Fsp3) is 0.500. The third-order valence-electron chi connectivity index (χ3n) is 4.44. The number of aromatic nitrogens is 1. The Morgan fingerprint density at radius 2 is 1.87 bits per heavy atom. The number of hydrogen-bond acceptors (Lipinski definition) is 5. The minimum Gasteiger partial charge on any atom is -0.496 e. The number of nitrogens with zero attached hydrogens (tertiary/aromatic N) is 1. The van der Waals surface area contributed by atoms with Gasteiger partial charge in [0, 0.05) is 25.1 Å². The molecule has 1 saturated heterocycles. The fourth-order valence-electron chi connectivity index (χ4n) is 3.10. The van der Waals surface area contributed by atoms with E-state index in [1.807, 2.05) is 12.1 Å². The van der Waals surface area contributed by atoms with Gasteiger partial charge in [-0.05, 0) is 49.4 Å². The zero-order valence-electron chi connectivity index (χ0n) is 14.0. The molecule has 5 heteroatoms. The zero-order chi connectivity index (χ0) is 16.2. The quantitative estimate of drug-likeness (QED) is 0.916. The normalized spacial score (nSPS) is 15.6. The van der Waals surface area contributed by atoms with Crippen LogP contribution >= 0.6 is 0 Å². The molecular formula is C18H24N2O3. The lowest BCUT2D eigenvalue weighted by atomic mass is 10.0. The summed E-state index contributed by atoms with van der Waals surface area (Å²) in [6.07, 6.45) is 2.22. The standard InChI is InChI=1S/C18H24N2O3/c1-12-10-16(19-11-13-6-8-23-9-7-13)20-18-15(22-3)5-4-14(21-2)17(12)18/h4-5,10,13H,6-9,11H2,1-3H3,(H,19,20). The first kappa shape index (κ1) is 15.9. The summed E-state index contributed by atoms with van der Waals surface area (Å²) < 4.78 is 16.4. The second-order valence-electron chi connectivity index (χ2n) is 5.95. The minimum absolute atomic E-state index is 0.647. The van der Waals surface area contributed by atoms with Crippen molar-refractivity contribution in [2.24, 2.45) is 5.92 Å². The number of hydrogen-bond donors (Lipinski definition) is 1. The van der Waals surface area contributed by atoms with Gasteiger partial charge in [0.25, 0.3) is 0 Å². The maximum Gasteiger partial charge on any atom is 0.145 e. The largest absolute Gasteiger partial charge is 0.496 e. The van der Waals surface area contributed by atoms with Gasteiger partial charge in [-0.3, -0.25) is 0 Å². The molecule has 0 saturated carbocycles. The second-order valence-corrected chi connectivity index (χ2v) is 5.95. The number of ether oxygens (including phenoxy) is 3. The molecule has 1 aromatic heterocycles. The van der Waals surface area contributed by atoms with Gasteiger partial charge in [0.05, 0.1) is 14.2 Å². The molecule has 0 bridgehead atoms. The molecule has 0 spiro atoms. The third-order valence-corrected chi connectivity index (χ3v) is 4.44. The van der Waals surface area contributed by atoms with Crippen LogP contribution in [0.25, 0.3) is 10.9 Å². The molecule has 2 aromatic rings. The summed E-state index contributed by atoms with van der Waals surface area (Å²) in [5, 5.41) is 4.48. The van der Waals surface area contributed by atoms with Crippen LogP contribution in [0.4, 0.5) is 5.82 Å². The van der Waals surface area contributed by atoms with E-state index in [0.29, 0.717) is 5.92 Å². The Morgan fingerprint density at radius 3 is 2.57 bits per heavy atom. The Bertz CT molecular complexity index is 682. The number of pyridine rings is 1. The minimum atomic E-state index is 0.647. The highest BCUT2D eigenvalue weighted by atomic mass is 16.5. The Labute approximate surface area is 137 Å². The number of benzene rings is 1. The Hall–Kier alpha value is -2.01. The van der Waals surface area contributed by atoms with Crippen molar-refractivity contribution in [1.29, 1.82) is 0 Å². The van der Waals surface area contributed by atoms with Crippen LogP contribution in [0.2, 0.25) is 0 Å². The average molecular weight is 316 g/mol. The number of rotatable bonds is 5. The van der Waals surface area contributed by atoms with Crippen LogP contribution in [0.5, 0.6) is 11.5 Å². The highest BCUT2D eigenvalue weighted by Crippen LogP contribution is 2.35. The number of fused-ring (bicyclic) bond motifs is 1. The summed E-state index contributed by atoms with van der Waals surface area (Å²) in [5.74, 6) is 3.11. The lowest BCUT2D eigenvalue weighted by Crippen LogP contribution is -2.23. The fourth-order valence-corrected chi connectivity index (χ4v) is 3.10. The summed E-state index contributed by atoms with van der Waals surface area (Å²) in [5.41, 5.74) is 1.96. The first-order chi connectivity index (χ1) is 11.2. The van der Waals surface area contributed by atoms with Crippen LogP contribution in [0.3, 0.4) is 0 Å². The second kappa shape index (κ2) is 7.04. The SMILES string of the molecule is COc1ccc(OC)c2c(C)cc(NCC3CCOCC3)nc12. The molecule has 0 unspecified atom stereocenters. The van der Waals surface area contributed by atoms with Gasteiger partial charge in [0.15, 0.2) is 0 Å². The number of methoxy groups -OCH3 is 2. The molecule has 3 rings (SSSR count). The summed E-state index contributed by atoms with van der Waals surface area (Å²) in [7, 11) is 3.35. The van der Waals surface area contributed by atoms with Gasteiger partial charge < -0.3 is 19.5 Å². The summed E-state index contributed by atoms with van der Waals surface area (Å²) in [6.45, 7) is 4.72. The van der Waals surface area contributed by atoms with Gasteiger partial charge in [0.2, 0.25) is 0 Å². The van der Waals surface area contributed by atoms with E-state index in [1.165, 1.54) is 0 Å². The maximum absolute atomic E-state index is 5.47. The van der Waals surface area contributed by atoms with E-state index in [0.717, 1.165) is 66.4 Å². The van der Waals surface area contributed by atoms with Crippen LogP contribution in [-0.4, -0.2) is 39.0 Å². The van der Waals surface area contributed by atoms with E-state index < -0.39 is 0 Å². The molecule has 0 atom stereocenters. The summed E-state index contributed by atoms with van der Waals surface area (Å²) in [4.78, 5) is 4.75. The van der Waals surface area contributed by atoms with Crippen molar-refractivity contribution < 1.29 is 14.2 Å². The van der Waals surface area contributed by atoms with Gasteiger partial charge in [-0.2, -0.15) is 0 Å². The summed E-state index contributed by atoms with van der Waals surface area (Å²) in [6, 6.07) is 5.89. The van der Waals surface area contributed by atoms with Crippen molar-refractivity contribution in [2.45, 2.75) is 19.8 Å². The first-order valence-corrected chi connectivity index (χ1v) is 8.07. The van der Waals surface area contributed by atoms with Gasteiger partial charge in [0.1, 0.15) is 22.8 Å². The van der Waals surface area contributed by atoms with Crippen molar-refractivity contribution in [1.82, 2.24) is 4.98 Å². The molecule has 5 nitrogen and oxygen atoms in total. The van der Waals surface area contributed by atoms with E-state index in [1.54, 1.807) is 14.2 Å². The average Bonchev–Trinajstić information content (AvgIpc) is 2.60. The smallest absolute Gasteiger partial charge is 0.145 e. The molecule has 1 aliphatic heterocycles. The Morgan fingerprint density at radius 1 is 1.17 bits per heavy atom. The van der Waals surface area contributed by atoms with Crippen LogP contribution in [0, 0.1) is 12.8 Å². The van der Waals surface area contributed by atoms with Crippen LogP contribution in [-0.2, 0) is 4.74 Å². The van der Waals surface area contributed by atoms with Crippen LogP contribution in [0.1, 0.15) is 18.4 Å². The first-order valence-electron chi connectivity index (χ1n) is 8.07. The molecule has 0 radical (unpaired) electrons. The van der Waals surface area contributed by atoms with Crippen molar-refractivity contribution in [3.05, 3.63) is 23.8 Å². The van der Waals surface area contributed by atoms with E-state index in [4.69, 9.17) is 19.2 Å². The van der Waals surface area contributed by atoms with Crippen molar-refractivity contribution >= 4 is 16.7 Å². The molecule has 23 heavy (non-hydrogen) atoms.